The van der Waals surface area contributed by atoms with Crippen LogP contribution in [0.2, 0.25) is 0 Å². The van der Waals surface area contributed by atoms with E-state index in [0.717, 1.165) is 43.1 Å². The number of nitrogens with zero attached hydrogens (tertiary/aromatic N) is 3. The highest BCUT2D eigenvalue weighted by Crippen LogP contribution is 2.14. The first-order valence-electron chi connectivity index (χ1n) is 11.0. The monoisotopic (exact) mass is 428 g/mol. The minimum atomic E-state index is -0.126. The Morgan fingerprint density at radius 1 is 1.26 bits per heavy atom. The fourth-order valence-electron chi connectivity index (χ4n) is 3.39. The summed E-state index contributed by atoms with van der Waals surface area (Å²) < 4.78 is 1.58. The summed E-state index contributed by atoms with van der Waals surface area (Å²) in [6, 6.07) is 9.49. The molecule has 1 aromatic heterocycles. The molecule has 8 heteroatoms. The Labute approximate surface area is 185 Å². The van der Waals surface area contributed by atoms with E-state index in [4.69, 9.17) is 0 Å². The number of rotatable bonds is 12. The molecule has 8 nitrogen and oxygen atoms in total. The van der Waals surface area contributed by atoms with Crippen molar-refractivity contribution < 1.29 is 9.90 Å². The van der Waals surface area contributed by atoms with Crippen LogP contribution < -0.4 is 16.0 Å². The lowest BCUT2D eigenvalue weighted by Crippen LogP contribution is -2.40. The van der Waals surface area contributed by atoms with Gasteiger partial charge in [0, 0.05) is 37.8 Å². The summed E-state index contributed by atoms with van der Waals surface area (Å²) in [7, 11) is 0. The zero-order chi connectivity index (χ0) is 22.5. The lowest BCUT2D eigenvalue weighted by molar-refractivity contribution is -0.116. The van der Waals surface area contributed by atoms with Gasteiger partial charge in [0.15, 0.2) is 5.96 Å². The molecule has 0 radical (unpaired) electrons. The molecule has 0 saturated carbocycles. The highest BCUT2D eigenvalue weighted by atomic mass is 16.3. The normalized spacial score (nSPS) is 12.6. The van der Waals surface area contributed by atoms with Crippen LogP contribution in [0.1, 0.15) is 39.2 Å². The first-order chi connectivity index (χ1) is 15.0. The van der Waals surface area contributed by atoms with Crippen molar-refractivity contribution >= 4 is 17.6 Å². The Morgan fingerprint density at radius 3 is 2.77 bits per heavy atom. The number of carbonyl (C=O) groups excluding carboxylic acids is 1. The van der Waals surface area contributed by atoms with E-state index in [0.29, 0.717) is 18.4 Å². The van der Waals surface area contributed by atoms with Crippen LogP contribution in [0.15, 0.2) is 47.7 Å². The predicted molar refractivity (Wildman–Crippen MR) is 125 cm³/mol. The van der Waals surface area contributed by atoms with Crippen molar-refractivity contribution in [1.29, 1.82) is 0 Å². The van der Waals surface area contributed by atoms with Gasteiger partial charge in [-0.1, -0.05) is 26.0 Å². The number of aliphatic hydroxyl groups is 1. The van der Waals surface area contributed by atoms with Crippen molar-refractivity contribution in [3.8, 4) is 0 Å². The zero-order valence-corrected chi connectivity index (χ0v) is 18.8. The second-order valence-corrected chi connectivity index (χ2v) is 8.04. The van der Waals surface area contributed by atoms with Crippen LogP contribution in [0.5, 0.6) is 0 Å². The van der Waals surface area contributed by atoms with Crippen LogP contribution in [0.3, 0.4) is 0 Å². The number of carbonyl (C=O) groups is 1. The third kappa shape index (κ3) is 9.65. The standard InChI is InChI=1S/C23H36N6O2/c1-4-24-23(26-16-20(9-12-30)13-18(2)3)25-15-19-7-5-8-21(14-19)28-22(31)17-29-11-6-10-27-29/h5-8,10-11,14,18,20,30H,4,9,12-13,15-17H2,1-3H3,(H,28,31)(H2,24,25,26). The maximum atomic E-state index is 12.2. The number of amides is 1. The number of aliphatic imine (C=N–C) groups is 1. The predicted octanol–water partition coefficient (Wildman–Crippen LogP) is 2.62. The number of aliphatic hydroxyl groups excluding tert-OH is 1. The highest BCUT2D eigenvalue weighted by Gasteiger charge is 2.11. The first kappa shape index (κ1) is 24.4. The van der Waals surface area contributed by atoms with Gasteiger partial charge in [0.2, 0.25) is 5.91 Å². The van der Waals surface area contributed by atoms with Crippen LogP contribution in [0, 0.1) is 11.8 Å². The van der Waals surface area contributed by atoms with Crippen molar-refractivity contribution in [2.75, 3.05) is 25.0 Å². The maximum Gasteiger partial charge on any atom is 0.246 e. The lowest BCUT2D eigenvalue weighted by Gasteiger charge is -2.20. The molecule has 1 heterocycles. The molecular weight excluding hydrogens is 392 g/mol. The van der Waals surface area contributed by atoms with E-state index < -0.39 is 0 Å². The van der Waals surface area contributed by atoms with Crippen molar-refractivity contribution in [2.24, 2.45) is 16.8 Å². The number of hydrogen-bond acceptors (Lipinski definition) is 4. The number of aromatic nitrogens is 2. The SMILES string of the molecule is CCNC(=NCc1cccc(NC(=O)Cn2cccn2)c1)NCC(CCO)CC(C)C. The topological polar surface area (TPSA) is 104 Å². The van der Waals surface area contributed by atoms with E-state index in [1.165, 1.54) is 0 Å². The van der Waals surface area contributed by atoms with Crippen molar-refractivity contribution in [1.82, 2.24) is 20.4 Å². The fourth-order valence-corrected chi connectivity index (χ4v) is 3.39. The molecule has 1 unspecified atom stereocenters. The van der Waals surface area contributed by atoms with Crippen molar-refractivity contribution in [3.05, 3.63) is 48.3 Å². The molecule has 0 fully saturated rings. The second-order valence-electron chi connectivity index (χ2n) is 8.04. The van der Waals surface area contributed by atoms with Crippen LogP contribution in [-0.2, 0) is 17.9 Å². The number of nitrogens with one attached hydrogen (secondary N) is 3. The molecule has 4 N–H and O–H groups in total. The van der Waals surface area contributed by atoms with Gasteiger partial charge in [0.25, 0.3) is 0 Å². The van der Waals surface area contributed by atoms with E-state index in [1.807, 2.05) is 31.2 Å². The van der Waals surface area contributed by atoms with Gasteiger partial charge >= 0.3 is 0 Å². The number of benzene rings is 1. The van der Waals surface area contributed by atoms with Crippen LogP contribution >= 0.6 is 0 Å². The number of guanidine groups is 1. The Bertz CT molecular complexity index is 804. The molecule has 1 atom stereocenters. The molecular formula is C23H36N6O2. The van der Waals surface area contributed by atoms with Crippen molar-refractivity contribution in [2.45, 2.75) is 46.7 Å². The van der Waals surface area contributed by atoms with Gasteiger partial charge in [-0.3, -0.25) is 9.48 Å². The molecule has 2 aromatic rings. The van der Waals surface area contributed by atoms with Gasteiger partial charge in [-0.25, -0.2) is 4.99 Å². The van der Waals surface area contributed by atoms with Gasteiger partial charge < -0.3 is 21.1 Å². The maximum absolute atomic E-state index is 12.2. The minimum absolute atomic E-state index is 0.126. The molecule has 0 aliphatic carbocycles. The smallest absolute Gasteiger partial charge is 0.246 e. The van der Waals surface area contributed by atoms with Crippen LogP contribution in [-0.4, -0.2) is 46.5 Å². The van der Waals surface area contributed by atoms with E-state index in [9.17, 15) is 9.90 Å². The Balaban J connectivity index is 1.93. The summed E-state index contributed by atoms with van der Waals surface area (Å²) in [5.41, 5.74) is 1.74. The summed E-state index contributed by atoms with van der Waals surface area (Å²) in [5.74, 6) is 1.62. The average molecular weight is 429 g/mol. The molecule has 31 heavy (non-hydrogen) atoms. The lowest BCUT2D eigenvalue weighted by atomic mass is 9.94. The van der Waals surface area contributed by atoms with Gasteiger partial charge in [-0.2, -0.15) is 5.10 Å². The van der Waals surface area contributed by atoms with Gasteiger partial charge in [0.05, 0.1) is 6.54 Å². The van der Waals surface area contributed by atoms with Gasteiger partial charge in [-0.05, 0) is 55.4 Å². The zero-order valence-electron chi connectivity index (χ0n) is 18.8. The summed E-state index contributed by atoms with van der Waals surface area (Å²) >= 11 is 0. The number of hydrogen-bond donors (Lipinski definition) is 4. The largest absolute Gasteiger partial charge is 0.396 e. The molecule has 170 valence electrons. The van der Waals surface area contributed by atoms with Gasteiger partial charge in [0.1, 0.15) is 6.54 Å². The van der Waals surface area contributed by atoms with Gasteiger partial charge in [-0.15, -0.1) is 0 Å². The quantitative estimate of drug-likeness (QED) is 0.307. The van der Waals surface area contributed by atoms with E-state index >= 15 is 0 Å². The van der Waals surface area contributed by atoms with Crippen LogP contribution in [0.25, 0.3) is 0 Å². The molecule has 0 aliphatic heterocycles. The Kier molecular flexibility index (Phi) is 10.6. The molecule has 0 bridgehead atoms. The minimum Gasteiger partial charge on any atom is -0.396 e. The third-order valence-corrected chi connectivity index (χ3v) is 4.74. The molecule has 1 aromatic carbocycles. The highest BCUT2D eigenvalue weighted by molar-refractivity contribution is 5.90. The molecule has 2 rings (SSSR count). The molecule has 0 saturated heterocycles. The summed E-state index contributed by atoms with van der Waals surface area (Å²) in [6.45, 7) is 8.84. The summed E-state index contributed by atoms with van der Waals surface area (Å²) in [4.78, 5) is 16.9. The number of anilines is 1. The molecule has 1 amide bonds. The molecule has 0 spiro atoms. The first-order valence-corrected chi connectivity index (χ1v) is 11.0. The van der Waals surface area contributed by atoms with Crippen LogP contribution in [0.4, 0.5) is 5.69 Å². The van der Waals surface area contributed by atoms with E-state index in [2.05, 4.69) is 39.9 Å². The summed E-state index contributed by atoms with van der Waals surface area (Å²) in [6.07, 6.45) is 5.25. The Morgan fingerprint density at radius 2 is 2.10 bits per heavy atom. The van der Waals surface area contributed by atoms with Crippen molar-refractivity contribution in [3.63, 3.8) is 0 Å². The Hall–Kier alpha value is -2.87. The van der Waals surface area contributed by atoms with E-state index in [1.54, 1.807) is 23.1 Å². The second kappa shape index (κ2) is 13.4. The average Bonchev–Trinajstić information content (AvgIpc) is 3.22. The van der Waals surface area contributed by atoms with E-state index in [-0.39, 0.29) is 19.1 Å². The summed E-state index contributed by atoms with van der Waals surface area (Å²) in [5, 5.41) is 22.9. The fraction of sp³-hybridized carbons (Fsp3) is 0.522. The molecule has 0 aliphatic rings. The third-order valence-electron chi connectivity index (χ3n) is 4.74.